The van der Waals surface area contributed by atoms with Gasteiger partial charge in [0.2, 0.25) is 0 Å². The molecule has 0 unspecified atom stereocenters. The number of nitrogens with zero attached hydrogens (tertiary/aromatic N) is 1. The predicted molar refractivity (Wildman–Crippen MR) is 120 cm³/mol. The summed E-state index contributed by atoms with van der Waals surface area (Å²) < 4.78 is 10.8. The molecule has 0 radical (unpaired) electrons. The minimum atomic E-state index is -0.898. The van der Waals surface area contributed by atoms with Gasteiger partial charge in [-0.25, -0.2) is 5.43 Å². The van der Waals surface area contributed by atoms with Crippen LogP contribution in [0.4, 0.5) is 5.69 Å². The van der Waals surface area contributed by atoms with Gasteiger partial charge in [0.15, 0.2) is 0 Å². The smallest absolute Gasteiger partial charge is 0.329 e. The van der Waals surface area contributed by atoms with E-state index in [1.807, 2.05) is 24.3 Å². The molecule has 3 aromatic rings. The number of methoxy groups -OCH3 is 1. The summed E-state index contributed by atoms with van der Waals surface area (Å²) in [4.78, 5) is 23.9. The maximum atomic E-state index is 12.0. The molecule has 0 aliphatic rings. The highest BCUT2D eigenvalue weighted by Gasteiger charge is 2.14. The summed E-state index contributed by atoms with van der Waals surface area (Å²) in [6.45, 7) is 0.419. The molecule has 3 aromatic carbocycles. The van der Waals surface area contributed by atoms with Gasteiger partial charge >= 0.3 is 11.8 Å². The fraction of sp³-hybridized carbons (Fsp3) is 0.0870. The van der Waals surface area contributed by atoms with Crippen molar-refractivity contribution in [3.8, 4) is 11.5 Å². The number of amides is 2. The van der Waals surface area contributed by atoms with Crippen LogP contribution >= 0.6 is 11.6 Å². The molecule has 0 aromatic heterocycles. The van der Waals surface area contributed by atoms with Crippen molar-refractivity contribution in [3.05, 3.63) is 88.9 Å². The second-order valence-electron chi connectivity index (χ2n) is 6.34. The molecule has 2 N–H and O–H groups in total. The Morgan fingerprint density at radius 1 is 0.968 bits per heavy atom. The first kappa shape index (κ1) is 21.9. The summed E-state index contributed by atoms with van der Waals surface area (Å²) >= 11 is 5.87. The first-order valence-electron chi connectivity index (χ1n) is 9.30. The third-order valence-corrected chi connectivity index (χ3v) is 4.39. The topological polar surface area (TPSA) is 89.0 Å². The van der Waals surface area contributed by atoms with Crippen LogP contribution in [0.25, 0.3) is 0 Å². The molecule has 8 heteroatoms. The number of carbonyl (C=O) groups excluding carboxylic acids is 2. The maximum absolute atomic E-state index is 12.0. The van der Waals surface area contributed by atoms with Crippen LogP contribution in [-0.4, -0.2) is 25.1 Å². The molecule has 0 saturated carbocycles. The van der Waals surface area contributed by atoms with E-state index in [1.165, 1.54) is 13.3 Å². The minimum absolute atomic E-state index is 0.392. The number of rotatable bonds is 7. The van der Waals surface area contributed by atoms with Gasteiger partial charge in [-0.2, -0.15) is 5.10 Å². The molecule has 158 valence electrons. The zero-order valence-corrected chi connectivity index (χ0v) is 17.4. The monoisotopic (exact) mass is 437 g/mol. The van der Waals surface area contributed by atoms with Gasteiger partial charge < -0.3 is 14.8 Å². The molecule has 0 aliphatic carbocycles. The molecule has 31 heavy (non-hydrogen) atoms. The molecule has 0 fully saturated rings. The lowest BCUT2D eigenvalue weighted by Gasteiger charge is -2.08. The van der Waals surface area contributed by atoms with Crippen LogP contribution < -0.4 is 20.2 Å². The van der Waals surface area contributed by atoms with E-state index in [9.17, 15) is 9.59 Å². The lowest BCUT2D eigenvalue weighted by atomic mass is 10.2. The van der Waals surface area contributed by atoms with Crippen molar-refractivity contribution in [2.45, 2.75) is 6.61 Å². The van der Waals surface area contributed by atoms with Crippen molar-refractivity contribution in [1.29, 1.82) is 0 Å². The lowest BCUT2D eigenvalue weighted by Crippen LogP contribution is -2.32. The van der Waals surface area contributed by atoms with E-state index in [0.29, 0.717) is 28.8 Å². The van der Waals surface area contributed by atoms with E-state index in [0.717, 1.165) is 11.1 Å². The van der Waals surface area contributed by atoms with Crippen LogP contribution in [0.15, 0.2) is 77.9 Å². The fourth-order valence-corrected chi connectivity index (χ4v) is 2.67. The van der Waals surface area contributed by atoms with Gasteiger partial charge in [-0.05, 0) is 59.7 Å². The average Bonchev–Trinajstić information content (AvgIpc) is 2.80. The number of para-hydroxylation sites is 2. The Kier molecular flexibility index (Phi) is 7.61. The Morgan fingerprint density at radius 3 is 2.39 bits per heavy atom. The largest absolute Gasteiger partial charge is 0.495 e. The molecule has 3 rings (SSSR count). The summed E-state index contributed by atoms with van der Waals surface area (Å²) in [5.74, 6) is -0.615. The van der Waals surface area contributed by atoms with Crippen molar-refractivity contribution in [3.63, 3.8) is 0 Å². The Labute approximate surface area is 184 Å². The standard InChI is InChI=1S/C23H20ClN3O4/c1-30-21-5-3-2-4-20(21)26-22(28)23(29)27-25-14-16-8-12-19(13-9-16)31-15-17-6-10-18(24)11-7-17/h2-14H,15H2,1H3,(H,26,28)(H,27,29)/b25-14-. The molecule has 7 nitrogen and oxygen atoms in total. The van der Waals surface area contributed by atoms with Gasteiger partial charge in [-0.3, -0.25) is 9.59 Å². The van der Waals surface area contributed by atoms with Gasteiger partial charge in [0.05, 0.1) is 19.0 Å². The van der Waals surface area contributed by atoms with Crippen molar-refractivity contribution in [2.75, 3.05) is 12.4 Å². The number of hydrazone groups is 1. The van der Waals surface area contributed by atoms with Crippen molar-refractivity contribution >= 4 is 35.3 Å². The van der Waals surface area contributed by atoms with Crippen LogP contribution in [0.3, 0.4) is 0 Å². The molecule has 0 aliphatic heterocycles. The highest BCUT2D eigenvalue weighted by atomic mass is 35.5. The average molecular weight is 438 g/mol. The van der Waals surface area contributed by atoms with Crippen LogP contribution in [-0.2, 0) is 16.2 Å². The first-order valence-corrected chi connectivity index (χ1v) is 9.67. The van der Waals surface area contributed by atoms with E-state index in [4.69, 9.17) is 21.1 Å². The van der Waals surface area contributed by atoms with E-state index >= 15 is 0 Å². The molecule has 0 bridgehead atoms. The van der Waals surface area contributed by atoms with Crippen molar-refractivity contribution in [1.82, 2.24) is 5.43 Å². The van der Waals surface area contributed by atoms with Gasteiger partial charge in [-0.1, -0.05) is 35.9 Å². The highest BCUT2D eigenvalue weighted by molar-refractivity contribution is 6.39. The third kappa shape index (κ3) is 6.58. The normalized spacial score (nSPS) is 10.5. The van der Waals surface area contributed by atoms with E-state index in [-0.39, 0.29) is 0 Å². The maximum Gasteiger partial charge on any atom is 0.329 e. The lowest BCUT2D eigenvalue weighted by molar-refractivity contribution is -0.136. The Hall–Kier alpha value is -3.84. The van der Waals surface area contributed by atoms with Crippen LogP contribution in [0.2, 0.25) is 5.02 Å². The van der Waals surface area contributed by atoms with Gasteiger partial charge in [-0.15, -0.1) is 0 Å². The number of hydrogen-bond donors (Lipinski definition) is 2. The second-order valence-corrected chi connectivity index (χ2v) is 6.77. The number of anilines is 1. The quantitative estimate of drug-likeness (QED) is 0.332. The molecule has 0 spiro atoms. The Morgan fingerprint density at radius 2 is 1.68 bits per heavy atom. The van der Waals surface area contributed by atoms with E-state index in [1.54, 1.807) is 48.5 Å². The zero-order valence-electron chi connectivity index (χ0n) is 16.7. The number of halogens is 1. The molecule has 0 atom stereocenters. The van der Waals surface area contributed by atoms with Gasteiger partial charge in [0.25, 0.3) is 0 Å². The Balaban J connectivity index is 1.48. The Bertz CT molecular complexity index is 1070. The molecular weight excluding hydrogens is 418 g/mol. The molecule has 0 saturated heterocycles. The zero-order chi connectivity index (χ0) is 22.1. The van der Waals surface area contributed by atoms with Crippen molar-refractivity contribution < 1.29 is 19.1 Å². The first-order chi connectivity index (χ1) is 15.0. The van der Waals surface area contributed by atoms with E-state index in [2.05, 4.69) is 15.8 Å². The summed E-state index contributed by atoms with van der Waals surface area (Å²) in [7, 11) is 1.48. The van der Waals surface area contributed by atoms with Gasteiger partial charge in [0, 0.05) is 5.02 Å². The number of carbonyl (C=O) groups is 2. The summed E-state index contributed by atoms with van der Waals surface area (Å²) in [5, 5.41) is 6.96. The molecule has 2 amide bonds. The predicted octanol–water partition coefficient (Wildman–Crippen LogP) is 4.02. The number of hydrogen-bond acceptors (Lipinski definition) is 5. The molecular formula is C23H20ClN3O4. The van der Waals surface area contributed by atoms with Crippen LogP contribution in [0, 0.1) is 0 Å². The van der Waals surface area contributed by atoms with Crippen molar-refractivity contribution in [2.24, 2.45) is 5.10 Å². The minimum Gasteiger partial charge on any atom is -0.495 e. The van der Waals surface area contributed by atoms with Crippen LogP contribution in [0.5, 0.6) is 11.5 Å². The summed E-state index contributed by atoms with van der Waals surface area (Å²) in [6, 6.07) is 21.3. The summed E-state index contributed by atoms with van der Waals surface area (Å²) in [5.41, 5.74) is 4.31. The third-order valence-electron chi connectivity index (χ3n) is 4.14. The second kappa shape index (κ2) is 10.8. The number of benzene rings is 3. The molecule has 0 heterocycles. The van der Waals surface area contributed by atoms with Crippen LogP contribution in [0.1, 0.15) is 11.1 Å². The highest BCUT2D eigenvalue weighted by Crippen LogP contribution is 2.22. The SMILES string of the molecule is COc1ccccc1NC(=O)C(=O)N/N=C\c1ccc(OCc2ccc(Cl)cc2)cc1. The fourth-order valence-electron chi connectivity index (χ4n) is 2.54. The van der Waals surface area contributed by atoms with Gasteiger partial charge in [0.1, 0.15) is 18.1 Å². The summed E-state index contributed by atoms with van der Waals surface area (Å²) in [6.07, 6.45) is 1.43. The number of ether oxygens (including phenoxy) is 2. The number of nitrogens with one attached hydrogen (secondary N) is 2. The van der Waals surface area contributed by atoms with E-state index < -0.39 is 11.8 Å².